The molecular weight excluding hydrogens is 445 g/mol. The van der Waals surface area contributed by atoms with Gasteiger partial charge in [0.15, 0.2) is 5.96 Å². The van der Waals surface area contributed by atoms with E-state index in [-0.39, 0.29) is 35.4 Å². The van der Waals surface area contributed by atoms with E-state index in [1.54, 1.807) is 0 Å². The quantitative estimate of drug-likeness (QED) is 0.273. The minimum Gasteiger partial charge on any atom is -0.378 e. The molecule has 0 spiro atoms. The lowest BCUT2D eigenvalue weighted by molar-refractivity contribution is -0.140. The Labute approximate surface area is 175 Å². The molecule has 2 heterocycles. The molecule has 0 bridgehead atoms. The van der Waals surface area contributed by atoms with E-state index in [1.165, 1.54) is 0 Å². The molecule has 26 heavy (non-hydrogen) atoms. The van der Waals surface area contributed by atoms with E-state index in [9.17, 15) is 4.79 Å². The van der Waals surface area contributed by atoms with Gasteiger partial charge < -0.3 is 25.2 Å². The summed E-state index contributed by atoms with van der Waals surface area (Å²) in [5.74, 6) is 1.39. The Balaban J connectivity index is 0.00000338. The van der Waals surface area contributed by atoms with Gasteiger partial charge in [0.1, 0.15) is 0 Å². The van der Waals surface area contributed by atoms with Crippen LogP contribution in [0.3, 0.4) is 0 Å². The molecule has 2 saturated heterocycles. The van der Waals surface area contributed by atoms with Crippen molar-refractivity contribution >= 4 is 35.8 Å². The third-order valence-corrected chi connectivity index (χ3v) is 4.74. The average Bonchev–Trinajstić information content (AvgIpc) is 2.61. The largest absolute Gasteiger partial charge is 0.378 e. The van der Waals surface area contributed by atoms with Crippen LogP contribution in [0, 0.1) is 5.92 Å². The summed E-state index contributed by atoms with van der Waals surface area (Å²) >= 11 is 0. The van der Waals surface area contributed by atoms with Gasteiger partial charge in [-0.05, 0) is 33.6 Å². The number of amides is 1. The summed E-state index contributed by atoms with van der Waals surface area (Å²) in [6, 6.07) is 0. The van der Waals surface area contributed by atoms with Gasteiger partial charge in [0.2, 0.25) is 5.91 Å². The molecule has 2 aliphatic rings. The topological polar surface area (TPSA) is 69.2 Å². The van der Waals surface area contributed by atoms with E-state index in [4.69, 9.17) is 4.74 Å². The lowest BCUT2D eigenvalue weighted by Crippen LogP contribution is -2.51. The normalized spacial score (nSPS) is 19.9. The predicted molar refractivity (Wildman–Crippen MR) is 116 cm³/mol. The van der Waals surface area contributed by atoms with Crippen LogP contribution in [-0.2, 0) is 9.53 Å². The van der Waals surface area contributed by atoms with Crippen molar-refractivity contribution in [1.82, 2.24) is 20.4 Å². The number of hydrogen-bond acceptors (Lipinski definition) is 4. The predicted octanol–water partition coefficient (Wildman–Crippen LogP) is 1.14. The molecule has 0 saturated carbocycles. The van der Waals surface area contributed by atoms with Crippen LogP contribution < -0.4 is 10.6 Å². The number of nitrogens with zero attached hydrogens (tertiary/aromatic N) is 3. The van der Waals surface area contributed by atoms with Gasteiger partial charge in [-0.25, -0.2) is 0 Å². The highest BCUT2D eigenvalue weighted by Gasteiger charge is 2.30. The van der Waals surface area contributed by atoms with Gasteiger partial charge in [-0.15, -0.1) is 24.0 Å². The Kier molecular flexibility index (Phi) is 10.2. The number of carbonyl (C=O) groups is 1. The third-order valence-electron chi connectivity index (χ3n) is 4.74. The molecular formula is C18H36IN5O2. The molecule has 0 aliphatic carbocycles. The monoisotopic (exact) mass is 481 g/mol. The highest BCUT2D eigenvalue weighted by atomic mass is 127. The van der Waals surface area contributed by atoms with Crippen LogP contribution in [0.4, 0.5) is 0 Å². The summed E-state index contributed by atoms with van der Waals surface area (Å²) in [7, 11) is 1.82. The molecule has 0 atom stereocenters. The number of morpholine rings is 1. The molecule has 7 nitrogen and oxygen atoms in total. The number of ether oxygens (including phenoxy) is 1. The molecule has 8 heteroatoms. The highest BCUT2D eigenvalue weighted by molar-refractivity contribution is 14.0. The summed E-state index contributed by atoms with van der Waals surface area (Å²) in [5, 5.41) is 6.89. The zero-order chi connectivity index (χ0) is 18.3. The number of guanidine groups is 1. The van der Waals surface area contributed by atoms with E-state index in [0.29, 0.717) is 19.1 Å². The van der Waals surface area contributed by atoms with Crippen molar-refractivity contribution in [3.63, 3.8) is 0 Å². The van der Waals surface area contributed by atoms with Crippen molar-refractivity contribution in [1.29, 1.82) is 0 Å². The molecule has 2 aliphatic heterocycles. The lowest BCUT2D eigenvalue weighted by atomic mass is 9.95. The molecule has 0 aromatic rings. The fourth-order valence-electron chi connectivity index (χ4n) is 3.32. The number of likely N-dealkylation sites (tertiary alicyclic amines) is 1. The summed E-state index contributed by atoms with van der Waals surface area (Å²) in [4.78, 5) is 21.2. The van der Waals surface area contributed by atoms with Crippen LogP contribution in [0.2, 0.25) is 0 Å². The zero-order valence-electron chi connectivity index (χ0n) is 16.7. The van der Waals surface area contributed by atoms with E-state index >= 15 is 0 Å². The average molecular weight is 481 g/mol. The van der Waals surface area contributed by atoms with Crippen molar-refractivity contribution in [3.8, 4) is 0 Å². The number of piperidine rings is 1. The Morgan fingerprint density at radius 1 is 1.08 bits per heavy atom. The molecule has 0 aromatic heterocycles. The number of nitrogens with one attached hydrogen (secondary N) is 2. The van der Waals surface area contributed by atoms with Crippen LogP contribution in [0.1, 0.15) is 33.6 Å². The van der Waals surface area contributed by atoms with E-state index < -0.39 is 0 Å². The van der Waals surface area contributed by atoms with Crippen LogP contribution in [0.5, 0.6) is 0 Å². The minimum atomic E-state index is 0. The molecule has 152 valence electrons. The van der Waals surface area contributed by atoms with Crippen LogP contribution in [0.15, 0.2) is 4.99 Å². The summed E-state index contributed by atoms with van der Waals surface area (Å²) in [6.45, 7) is 12.8. The zero-order valence-corrected chi connectivity index (χ0v) is 19.0. The van der Waals surface area contributed by atoms with Gasteiger partial charge in [-0.1, -0.05) is 0 Å². The first-order valence-electron chi connectivity index (χ1n) is 9.48. The summed E-state index contributed by atoms with van der Waals surface area (Å²) < 4.78 is 5.34. The Bertz CT molecular complexity index is 453. The Morgan fingerprint density at radius 2 is 1.69 bits per heavy atom. The number of rotatable bonds is 4. The van der Waals surface area contributed by atoms with Crippen LogP contribution in [0.25, 0.3) is 0 Å². The van der Waals surface area contributed by atoms with Crippen molar-refractivity contribution in [3.05, 3.63) is 0 Å². The highest BCUT2D eigenvalue weighted by Crippen LogP contribution is 2.20. The van der Waals surface area contributed by atoms with Gasteiger partial charge in [-0.2, -0.15) is 0 Å². The van der Waals surface area contributed by atoms with Crippen LogP contribution >= 0.6 is 24.0 Å². The second-order valence-electron chi connectivity index (χ2n) is 7.85. The maximum atomic E-state index is 12.6. The number of halogens is 1. The molecule has 0 unspecified atom stereocenters. The second-order valence-corrected chi connectivity index (χ2v) is 7.85. The fraction of sp³-hybridized carbons (Fsp3) is 0.889. The molecule has 0 aromatic carbocycles. The number of aliphatic imine (C=N–C) groups is 1. The SMILES string of the molecule is CN=C(NCCNC(C)(C)C)N1CCC(C(=O)N2CCOCC2)CC1.I. The summed E-state index contributed by atoms with van der Waals surface area (Å²) in [6.07, 6.45) is 1.80. The van der Waals surface area contributed by atoms with Gasteiger partial charge >= 0.3 is 0 Å². The third kappa shape index (κ3) is 7.56. The smallest absolute Gasteiger partial charge is 0.225 e. The molecule has 0 radical (unpaired) electrons. The van der Waals surface area contributed by atoms with Gasteiger partial charge in [0.25, 0.3) is 0 Å². The maximum Gasteiger partial charge on any atom is 0.225 e. The maximum absolute atomic E-state index is 12.6. The van der Waals surface area contributed by atoms with E-state index in [0.717, 1.165) is 58.1 Å². The fourth-order valence-corrected chi connectivity index (χ4v) is 3.32. The van der Waals surface area contributed by atoms with Gasteiger partial charge in [0.05, 0.1) is 13.2 Å². The van der Waals surface area contributed by atoms with Crippen LogP contribution in [-0.4, -0.2) is 86.7 Å². The van der Waals surface area contributed by atoms with E-state index in [1.807, 2.05) is 11.9 Å². The summed E-state index contributed by atoms with van der Waals surface area (Å²) in [5.41, 5.74) is 0.128. The Morgan fingerprint density at radius 3 is 2.23 bits per heavy atom. The van der Waals surface area contributed by atoms with Crippen molar-refractivity contribution in [2.75, 3.05) is 59.5 Å². The van der Waals surface area contributed by atoms with Gasteiger partial charge in [0, 0.05) is 57.8 Å². The first kappa shape index (κ1) is 23.4. The number of carbonyl (C=O) groups excluding carboxylic acids is 1. The molecule has 2 rings (SSSR count). The van der Waals surface area contributed by atoms with Crippen molar-refractivity contribution in [2.24, 2.45) is 10.9 Å². The minimum absolute atomic E-state index is 0. The Hall–Kier alpha value is -0.610. The van der Waals surface area contributed by atoms with Crippen molar-refractivity contribution < 1.29 is 9.53 Å². The molecule has 2 fully saturated rings. The molecule has 1 amide bonds. The first-order valence-corrected chi connectivity index (χ1v) is 9.48. The second kappa shape index (κ2) is 11.3. The first-order chi connectivity index (χ1) is 11.9. The van der Waals surface area contributed by atoms with Gasteiger partial charge in [-0.3, -0.25) is 9.79 Å². The standard InChI is InChI=1S/C18H35N5O2.HI/c1-18(2,3)21-8-7-20-17(19-4)23-9-5-15(6-10-23)16(24)22-11-13-25-14-12-22;/h15,21H,5-14H2,1-4H3,(H,19,20);1H. The molecule has 2 N–H and O–H groups in total. The lowest BCUT2D eigenvalue weighted by Gasteiger charge is -2.36. The van der Waals surface area contributed by atoms with E-state index in [2.05, 4.69) is 41.3 Å². The van der Waals surface area contributed by atoms with Crippen molar-refractivity contribution in [2.45, 2.75) is 39.2 Å². The number of hydrogen-bond donors (Lipinski definition) is 2.